The molecule has 4 rings (SSSR count). The fourth-order valence-electron chi connectivity index (χ4n) is 3.09. The number of aromatic nitrogens is 4. The van der Waals surface area contributed by atoms with E-state index in [0.717, 1.165) is 11.3 Å². The molecular weight excluding hydrogens is 430 g/mol. The van der Waals surface area contributed by atoms with E-state index in [9.17, 15) is 4.79 Å². The van der Waals surface area contributed by atoms with Crippen molar-refractivity contribution in [3.63, 3.8) is 0 Å². The highest BCUT2D eigenvalue weighted by Gasteiger charge is 2.13. The van der Waals surface area contributed by atoms with Crippen LogP contribution < -0.4 is 14.8 Å². The van der Waals surface area contributed by atoms with E-state index in [-0.39, 0.29) is 12.5 Å². The van der Waals surface area contributed by atoms with Gasteiger partial charge in [-0.2, -0.15) is 4.68 Å². The van der Waals surface area contributed by atoms with Crippen LogP contribution >= 0.6 is 11.6 Å². The molecule has 3 aromatic carbocycles. The number of anilines is 1. The Morgan fingerprint density at radius 2 is 1.91 bits per heavy atom. The van der Waals surface area contributed by atoms with Gasteiger partial charge in [0, 0.05) is 21.8 Å². The van der Waals surface area contributed by atoms with E-state index in [1.54, 1.807) is 48.0 Å². The van der Waals surface area contributed by atoms with Crippen LogP contribution in [0.1, 0.15) is 21.7 Å². The summed E-state index contributed by atoms with van der Waals surface area (Å²) in [5, 5.41) is 15.0. The van der Waals surface area contributed by atoms with Crippen molar-refractivity contribution in [2.75, 3.05) is 12.4 Å². The van der Waals surface area contributed by atoms with E-state index in [1.165, 1.54) is 7.11 Å². The molecule has 0 aliphatic heterocycles. The molecule has 4 aromatic rings. The number of rotatable bonds is 7. The van der Waals surface area contributed by atoms with E-state index in [1.807, 2.05) is 30.3 Å². The summed E-state index contributed by atoms with van der Waals surface area (Å²) < 4.78 is 12.9. The SMILES string of the molecule is COc1cc(C(=O)Nc2cccc(-n3nnnc3C)c2)ccc1OCc1ccccc1Cl. The highest BCUT2D eigenvalue weighted by molar-refractivity contribution is 6.31. The third kappa shape index (κ3) is 4.70. The highest BCUT2D eigenvalue weighted by atomic mass is 35.5. The molecule has 0 atom stereocenters. The Labute approximate surface area is 189 Å². The number of tetrazole rings is 1. The van der Waals surface area contributed by atoms with Gasteiger partial charge in [0.2, 0.25) is 0 Å². The van der Waals surface area contributed by atoms with Gasteiger partial charge >= 0.3 is 0 Å². The molecular formula is C23H20ClN5O3. The molecule has 0 fully saturated rings. The largest absolute Gasteiger partial charge is 0.493 e. The molecule has 1 amide bonds. The van der Waals surface area contributed by atoms with E-state index in [2.05, 4.69) is 20.8 Å². The van der Waals surface area contributed by atoms with Gasteiger partial charge in [-0.05, 0) is 59.8 Å². The maximum atomic E-state index is 12.8. The van der Waals surface area contributed by atoms with Gasteiger partial charge < -0.3 is 14.8 Å². The minimum absolute atomic E-state index is 0.283. The van der Waals surface area contributed by atoms with Crippen molar-refractivity contribution in [3.8, 4) is 17.2 Å². The number of hydrogen-bond acceptors (Lipinski definition) is 6. The molecule has 0 radical (unpaired) electrons. The van der Waals surface area contributed by atoms with Crippen LogP contribution in [0.5, 0.6) is 11.5 Å². The second-order valence-electron chi connectivity index (χ2n) is 6.89. The van der Waals surface area contributed by atoms with Crippen LogP contribution in [0.25, 0.3) is 5.69 Å². The number of carbonyl (C=O) groups is 1. The summed E-state index contributed by atoms with van der Waals surface area (Å²) >= 11 is 6.18. The van der Waals surface area contributed by atoms with Gasteiger partial charge in [-0.3, -0.25) is 4.79 Å². The quantitative estimate of drug-likeness (QED) is 0.447. The smallest absolute Gasteiger partial charge is 0.255 e. The van der Waals surface area contributed by atoms with Crippen molar-refractivity contribution < 1.29 is 14.3 Å². The summed E-state index contributed by atoms with van der Waals surface area (Å²) in [7, 11) is 1.53. The Morgan fingerprint density at radius 3 is 2.66 bits per heavy atom. The summed E-state index contributed by atoms with van der Waals surface area (Å²) in [4.78, 5) is 12.8. The van der Waals surface area contributed by atoms with Crippen molar-refractivity contribution in [1.29, 1.82) is 0 Å². The molecule has 162 valence electrons. The zero-order valence-electron chi connectivity index (χ0n) is 17.4. The number of nitrogens with one attached hydrogen (secondary N) is 1. The molecule has 0 aliphatic rings. The third-order valence-corrected chi connectivity index (χ3v) is 5.11. The van der Waals surface area contributed by atoms with Crippen molar-refractivity contribution in [3.05, 3.63) is 88.7 Å². The minimum atomic E-state index is -0.286. The lowest BCUT2D eigenvalue weighted by Crippen LogP contribution is -2.12. The van der Waals surface area contributed by atoms with Gasteiger partial charge in [-0.1, -0.05) is 35.9 Å². The summed E-state index contributed by atoms with van der Waals surface area (Å²) in [5.41, 5.74) is 2.64. The van der Waals surface area contributed by atoms with Gasteiger partial charge in [0.25, 0.3) is 5.91 Å². The van der Waals surface area contributed by atoms with Crippen LogP contribution in [0.3, 0.4) is 0 Å². The Bertz CT molecular complexity index is 1260. The third-order valence-electron chi connectivity index (χ3n) is 4.74. The first-order valence-corrected chi connectivity index (χ1v) is 10.1. The molecule has 0 saturated carbocycles. The summed E-state index contributed by atoms with van der Waals surface area (Å²) in [5.74, 6) is 1.32. The van der Waals surface area contributed by atoms with Crippen LogP contribution in [0.15, 0.2) is 66.7 Å². The predicted octanol–water partition coefficient (Wildman–Crippen LogP) is 4.46. The standard InChI is InChI=1S/C23H20ClN5O3/c1-15-26-27-28-29(15)19-8-5-7-18(13-19)25-23(30)16-10-11-21(22(12-16)31-2)32-14-17-6-3-4-9-20(17)24/h3-13H,14H2,1-2H3,(H,25,30). The average molecular weight is 450 g/mol. The van der Waals surface area contributed by atoms with Crippen molar-refractivity contribution in [1.82, 2.24) is 20.2 Å². The zero-order chi connectivity index (χ0) is 22.5. The molecule has 0 unspecified atom stereocenters. The first kappa shape index (κ1) is 21.3. The predicted molar refractivity (Wildman–Crippen MR) is 121 cm³/mol. The molecule has 1 aromatic heterocycles. The second-order valence-corrected chi connectivity index (χ2v) is 7.30. The number of nitrogens with zero attached hydrogens (tertiary/aromatic N) is 4. The Morgan fingerprint density at radius 1 is 1.06 bits per heavy atom. The lowest BCUT2D eigenvalue weighted by molar-refractivity contribution is 0.102. The summed E-state index contributed by atoms with van der Waals surface area (Å²) in [6.45, 7) is 2.08. The van der Waals surface area contributed by atoms with E-state index < -0.39 is 0 Å². The number of halogens is 1. The van der Waals surface area contributed by atoms with Crippen LogP contribution in [0.4, 0.5) is 5.69 Å². The molecule has 9 heteroatoms. The van der Waals surface area contributed by atoms with E-state index >= 15 is 0 Å². The topological polar surface area (TPSA) is 91.2 Å². The fraction of sp³-hybridized carbons (Fsp3) is 0.130. The molecule has 1 N–H and O–H groups in total. The maximum Gasteiger partial charge on any atom is 0.255 e. The second kappa shape index (κ2) is 9.49. The minimum Gasteiger partial charge on any atom is -0.493 e. The molecule has 0 aliphatic carbocycles. The number of hydrogen-bond donors (Lipinski definition) is 1. The van der Waals surface area contributed by atoms with Gasteiger partial charge in [0.15, 0.2) is 17.3 Å². The van der Waals surface area contributed by atoms with E-state index in [0.29, 0.717) is 33.6 Å². The summed E-state index contributed by atoms with van der Waals surface area (Å²) in [6, 6.07) is 19.7. The maximum absolute atomic E-state index is 12.8. The average Bonchev–Trinajstić information content (AvgIpc) is 3.24. The Balaban J connectivity index is 1.48. The first-order chi connectivity index (χ1) is 15.5. The molecule has 32 heavy (non-hydrogen) atoms. The lowest BCUT2D eigenvalue weighted by Gasteiger charge is -2.13. The zero-order valence-corrected chi connectivity index (χ0v) is 18.2. The van der Waals surface area contributed by atoms with Crippen LogP contribution in [0.2, 0.25) is 5.02 Å². The highest BCUT2D eigenvalue weighted by Crippen LogP contribution is 2.30. The Kier molecular flexibility index (Phi) is 6.32. The van der Waals surface area contributed by atoms with Gasteiger partial charge in [0.1, 0.15) is 6.61 Å². The van der Waals surface area contributed by atoms with Crippen molar-refractivity contribution in [2.24, 2.45) is 0 Å². The lowest BCUT2D eigenvalue weighted by atomic mass is 10.1. The number of ether oxygens (including phenoxy) is 2. The number of benzene rings is 3. The first-order valence-electron chi connectivity index (χ1n) is 9.76. The van der Waals surface area contributed by atoms with Crippen LogP contribution in [-0.4, -0.2) is 33.2 Å². The molecule has 1 heterocycles. The number of amides is 1. The van der Waals surface area contributed by atoms with Gasteiger partial charge in [-0.15, -0.1) is 5.10 Å². The van der Waals surface area contributed by atoms with Crippen molar-refractivity contribution >= 4 is 23.2 Å². The normalized spacial score (nSPS) is 10.6. The van der Waals surface area contributed by atoms with Crippen LogP contribution in [0, 0.1) is 6.92 Å². The fourth-order valence-corrected chi connectivity index (χ4v) is 3.28. The molecule has 0 spiro atoms. The van der Waals surface area contributed by atoms with Gasteiger partial charge in [0.05, 0.1) is 12.8 Å². The molecule has 0 bridgehead atoms. The van der Waals surface area contributed by atoms with Crippen molar-refractivity contribution in [2.45, 2.75) is 13.5 Å². The molecule has 0 saturated heterocycles. The summed E-state index contributed by atoms with van der Waals surface area (Å²) in [6.07, 6.45) is 0. The number of aryl methyl sites for hydroxylation is 1. The van der Waals surface area contributed by atoms with Crippen LogP contribution in [-0.2, 0) is 6.61 Å². The number of carbonyl (C=O) groups excluding carboxylic acids is 1. The molecule has 8 nitrogen and oxygen atoms in total. The Hall–Kier alpha value is -3.91. The number of methoxy groups -OCH3 is 1. The van der Waals surface area contributed by atoms with E-state index in [4.69, 9.17) is 21.1 Å². The monoisotopic (exact) mass is 449 g/mol. The van der Waals surface area contributed by atoms with Gasteiger partial charge in [-0.25, -0.2) is 0 Å².